The van der Waals surface area contributed by atoms with E-state index < -0.39 is 0 Å². The molecule has 1 amide bonds. The number of hydrogen-bond acceptors (Lipinski definition) is 6. The summed E-state index contributed by atoms with van der Waals surface area (Å²) in [7, 11) is 3.55. The molecule has 0 saturated heterocycles. The summed E-state index contributed by atoms with van der Waals surface area (Å²) >= 11 is 1.39. The van der Waals surface area contributed by atoms with Crippen LogP contribution in [0.3, 0.4) is 0 Å². The van der Waals surface area contributed by atoms with Crippen LogP contribution in [0.15, 0.2) is 29.4 Å². The van der Waals surface area contributed by atoms with Crippen LogP contribution in [0.4, 0.5) is 0 Å². The maximum absolute atomic E-state index is 12.8. The molecule has 1 atom stereocenters. The maximum Gasteiger partial charge on any atom is 0.235 e. The Balaban J connectivity index is 1.68. The maximum atomic E-state index is 12.8. The van der Waals surface area contributed by atoms with E-state index in [1.165, 1.54) is 31.0 Å². The fourth-order valence-electron chi connectivity index (χ4n) is 3.28. The van der Waals surface area contributed by atoms with Gasteiger partial charge in [-0.1, -0.05) is 31.0 Å². The van der Waals surface area contributed by atoms with Gasteiger partial charge in [0.2, 0.25) is 11.1 Å². The van der Waals surface area contributed by atoms with Gasteiger partial charge in [-0.3, -0.25) is 4.79 Å². The lowest BCUT2D eigenvalue weighted by Crippen LogP contribution is -2.42. The zero-order chi connectivity index (χ0) is 18.5. The number of nitrogens with zero attached hydrogens (tertiary/aromatic N) is 5. The van der Waals surface area contributed by atoms with Crippen LogP contribution in [0.1, 0.15) is 39.0 Å². The zero-order valence-corrected chi connectivity index (χ0v) is 16.3. The number of hydrogen-bond donors (Lipinski definition) is 0. The molecule has 0 bridgehead atoms. The second-order valence-corrected chi connectivity index (χ2v) is 7.88. The molecule has 1 aromatic heterocycles. The van der Waals surface area contributed by atoms with Crippen LogP contribution in [0, 0.1) is 0 Å². The highest BCUT2D eigenvalue weighted by molar-refractivity contribution is 8.00. The van der Waals surface area contributed by atoms with Crippen molar-refractivity contribution in [2.45, 2.75) is 55.5 Å². The summed E-state index contributed by atoms with van der Waals surface area (Å²) in [5, 5.41) is 12.3. The summed E-state index contributed by atoms with van der Waals surface area (Å²) in [6.45, 7) is 1.92. The lowest BCUT2D eigenvalue weighted by molar-refractivity contribution is -0.131. The van der Waals surface area contributed by atoms with Crippen molar-refractivity contribution in [3.8, 4) is 11.4 Å². The number of amides is 1. The van der Waals surface area contributed by atoms with E-state index in [0.29, 0.717) is 11.2 Å². The molecular formula is C18H25N5O2S. The van der Waals surface area contributed by atoms with E-state index in [1.54, 1.807) is 11.8 Å². The van der Waals surface area contributed by atoms with Gasteiger partial charge < -0.3 is 9.64 Å². The predicted octanol–water partition coefficient (Wildman–Crippen LogP) is 2.94. The largest absolute Gasteiger partial charge is 0.497 e. The minimum absolute atomic E-state index is 0.131. The molecule has 1 fully saturated rings. The number of thioether (sulfide) groups is 1. The molecule has 1 unspecified atom stereocenters. The fraction of sp³-hybridized carbons (Fsp3) is 0.556. The summed E-state index contributed by atoms with van der Waals surface area (Å²) in [5.41, 5.74) is 0.832. The minimum Gasteiger partial charge on any atom is -0.497 e. The molecule has 7 nitrogen and oxygen atoms in total. The molecule has 0 aliphatic heterocycles. The van der Waals surface area contributed by atoms with Gasteiger partial charge in [-0.2, -0.15) is 4.68 Å². The first-order valence-corrected chi connectivity index (χ1v) is 9.84. The Morgan fingerprint density at radius 2 is 1.96 bits per heavy atom. The molecule has 1 aromatic carbocycles. The van der Waals surface area contributed by atoms with Crippen molar-refractivity contribution < 1.29 is 9.53 Å². The average molecular weight is 375 g/mol. The SMILES string of the molecule is COc1ccc(-n2nnnc2SC(C)C(=O)N(C)C2CCCCC2)cc1. The van der Waals surface area contributed by atoms with Gasteiger partial charge in [-0.05, 0) is 54.5 Å². The Morgan fingerprint density at radius 3 is 2.62 bits per heavy atom. The van der Waals surface area contributed by atoms with Crippen molar-refractivity contribution in [3.63, 3.8) is 0 Å². The van der Waals surface area contributed by atoms with Crippen molar-refractivity contribution in [1.29, 1.82) is 0 Å². The van der Waals surface area contributed by atoms with Crippen LogP contribution >= 0.6 is 11.8 Å². The first kappa shape index (κ1) is 18.7. The normalized spacial score (nSPS) is 16.3. The van der Waals surface area contributed by atoms with Gasteiger partial charge in [0.15, 0.2) is 0 Å². The standard InChI is InChI=1S/C18H25N5O2S/c1-13(17(24)22(2)14-7-5-4-6-8-14)26-18-19-20-21-23(18)15-9-11-16(25-3)12-10-15/h9-14H,4-8H2,1-3H3. The van der Waals surface area contributed by atoms with Gasteiger partial charge in [0.1, 0.15) is 5.75 Å². The van der Waals surface area contributed by atoms with Crippen molar-refractivity contribution in [3.05, 3.63) is 24.3 Å². The molecule has 26 heavy (non-hydrogen) atoms. The smallest absolute Gasteiger partial charge is 0.235 e. The van der Waals surface area contributed by atoms with Crippen molar-refractivity contribution in [2.24, 2.45) is 0 Å². The van der Waals surface area contributed by atoms with Crippen molar-refractivity contribution in [1.82, 2.24) is 25.1 Å². The Labute approximate surface area is 158 Å². The van der Waals surface area contributed by atoms with Gasteiger partial charge >= 0.3 is 0 Å². The monoisotopic (exact) mass is 375 g/mol. The summed E-state index contributed by atoms with van der Waals surface area (Å²) in [6, 6.07) is 7.85. The second-order valence-electron chi connectivity index (χ2n) is 6.57. The van der Waals surface area contributed by atoms with E-state index in [1.807, 2.05) is 43.1 Å². The summed E-state index contributed by atoms with van der Waals surface area (Å²) in [4.78, 5) is 14.7. The highest BCUT2D eigenvalue weighted by Gasteiger charge is 2.27. The Hall–Kier alpha value is -2.09. The lowest BCUT2D eigenvalue weighted by atomic mass is 9.94. The molecule has 1 aliphatic rings. The van der Waals surface area contributed by atoms with Crippen LogP contribution in [0.5, 0.6) is 5.75 Å². The highest BCUT2D eigenvalue weighted by atomic mass is 32.2. The summed E-state index contributed by atoms with van der Waals surface area (Å²) < 4.78 is 6.83. The van der Waals surface area contributed by atoms with Gasteiger partial charge in [0, 0.05) is 13.1 Å². The third kappa shape index (κ3) is 4.17. The Kier molecular flexibility index (Phi) is 6.13. The van der Waals surface area contributed by atoms with E-state index in [2.05, 4.69) is 15.5 Å². The second kappa shape index (κ2) is 8.53. The molecular weight excluding hydrogens is 350 g/mol. The average Bonchev–Trinajstić information content (AvgIpc) is 3.15. The Bertz CT molecular complexity index is 727. The van der Waals surface area contributed by atoms with Crippen LogP contribution < -0.4 is 4.74 Å². The number of rotatable bonds is 6. The van der Waals surface area contributed by atoms with Gasteiger partial charge in [-0.25, -0.2) is 0 Å². The van der Waals surface area contributed by atoms with Gasteiger partial charge in [0.05, 0.1) is 18.0 Å². The van der Waals surface area contributed by atoms with E-state index in [4.69, 9.17) is 4.74 Å². The lowest BCUT2D eigenvalue weighted by Gasteiger charge is -2.32. The molecule has 8 heteroatoms. The molecule has 140 valence electrons. The number of methoxy groups -OCH3 is 1. The number of carbonyl (C=O) groups is 1. The molecule has 0 spiro atoms. The summed E-state index contributed by atoms with van der Waals surface area (Å²) in [5.74, 6) is 0.903. The third-order valence-electron chi connectivity index (χ3n) is 4.86. The van der Waals surface area contributed by atoms with Gasteiger partial charge in [-0.15, -0.1) is 5.10 Å². The van der Waals surface area contributed by atoms with E-state index in [9.17, 15) is 4.79 Å². The fourth-order valence-corrected chi connectivity index (χ4v) is 4.19. The van der Waals surface area contributed by atoms with Crippen LogP contribution in [0.25, 0.3) is 5.69 Å². The molecule has 1 saturated carbocycles. The minimum atomic E-state index is -0.245. The predicted molar refractivity (Wildman–Crippen MR) is 101 cm³/mol. The molecule has 2 aromatic rings. The number of ether oxygens (including phenoxy) is 1. The van der Waals surface area contributed by atoms with Crippen molar-refractivity contribution >= 4 is 17.7 Å². The number of aromatic nitrogens is 4. The quantitative estimate of drug-likeness (QED) is 0.723. The molecule has 0 radical (unpaired) electrons. The van der Waals surface area contributed by atoms with E-state index in [0.717, 1.165) is 24.3 Å². The first-order valence-electron chi connectivity index (χ1n) is 8.96. The van der Waals surface area contributed by atoms with Crippen LogP contribution in [0.2, 0.25) is 0 Å². The van der Waals surface area contributed by atoms with Gasteiger partial charge in [0.25, 0.3) is 0 Å². The molecule has 0 N–H and O–H groups in total. The van der Waals surface area contributed by atoms with E-state index in [-0.39, 0.29) is 11.2 Å². The molecule has 1 heterocycles. The number of carbonyl (C=O) groups excluding carboxylic acids is 1. The van der Waals surface area contributed by atoms with Crippen molar-refractivity contribution in [2.75, 3.05) is 14.2 Å². The van der Waals surface area contributed by atoms with Crippen LogP contribution in [-0.4, -0.2) is 56.5 Å². The molecule has 1 aliphatic carbocycles. The third-order valence-corrected chi connectivity index (χ3v) is 5.88. The highest BCUT2D eigenvalue weighted by Crippen LogP contribution is 2.27. The topological polar surface area (TPSA) is 73.1 Å². The van der Waals surface area contributed by atoms with E-state index >= 15 is 0 Å². The van der Waals surface area contributed by atoms with Crippen LogP contribution in [-0.2, 0) is 4.79 Å². The molecule has 3 rings (SSSR count). The first-order chi connectivity index (χ1) is 12.6. The Morgan fingerprint density at radius 1 is 1.27 bits per heavy atom. The summed E-state index contributed by atoms with van der Waals surface area (Å²) in [6.07, 6.45) is 5.89. The number of benzene rings is 1. The number of tetrazole rings is 1. The zero-order valence-electron chi connectivity index (χ0n) is 15.5.